The van der Waals surface area contributed by atoms with E-state index in [1.165, 1.54) is 6.92 Å². The summed E-state index contributed by atoms with van der Waals surface area (Å²) >= 11 is 0. The van der Waals surface area contributed by atoms with E-state index in [9.17, 15) is 9.18 Å². The van der Waals surface area contributed by atoms with Gasteiger partial charge in [-0.2, -0.15) is 0 Å². The van der Waals surface area contributed by atoms with Gasteiger partial charge in [0.25, 0.3) is 0 Å². The molecule has 0 amide bonds. The van der Waals surface area contributed by atoms with Crippen LogP contribution in [0.3, 0.4) is 0 Å². The number of benzene rings is 1. The van der Waals surface area contributed by atoms with E-state index in [0.29, 0.717) is 12.0 Å². The maximum absolute atomic E-state index is 12.8. The largest absolute Gasteiger partial charge is 0.303 e. The fourth-order valence-electron chi connectivity index (χ4n) is 1.18. The van der Waals surface area contributed by atoms with Gasteiger partial charge in [-0.1, -0.05) is 24.3 Å². The van der Waals surface area contributed by atoms with Gasteiger partial charge in [-0.05, 0) is 24.5 Å². The molecule has 2 heteroatoms. The van der Waals surface area contributed by atoms with Crippen molar-refractivity contribution in [2.45, 2.75) is 25.9 Å². The van der Waals surface area contributed by atoms with Gasteiger partial charge in [-0.25, -0.2) is 4.39 Å². The van der Waals surface area contributed by atoms with Gasteiger partial charge in [0.05, 0.1) is 0 Å². The molecule has 0 heterocycles. The normalized spacial score (nSPS) is 12.5. The van der Waals surface area contributed by atoms with Gasteiger partial charge in [0.1, 0.15) is 12.5 Å². The van der Waals surface area contributed by atoms with Crippen LogP contribution in [0.5, 0.6) is 0 Å². The minimum Gasteiger partial charge on any atom is -0.303 e. The lowest BCUT2D eigenvalue weighted by atomic mass is 10.1. The Labute approximate surface area is 77.6 Å². The Morgan fingerprint density at radius 1 is 1.38 bits per heavy atom. The minimum atomic E-state index is -0.917. The number of hydrogen-bond donors (Lipinski definition) is 0. The molecule has 1 unspecified atom stereocenters. The highest BCUT2D eigenvalue weighted by Crippen LogP contribution is 2.16. The highest BCUT2D eigenvalue weighted by molar-refractivity contribution is 5.50. The third kappa shape index (κ3) is 2.98. The van der Waals surface area contributed by atoms with Crippen molar-refractivity contribution in [1.29, 1.82) is 0 Å². The van der Waals surface area contributed by atoms with Gasteiger partial charge < -0.3 is 4.79 Å². The summed E-state index contributed by atoms with van der Waals surface area (Å²) in [6.07, 6.45) is 1.25. The number of halogens is 1. The first kappa shape index (κ1) is 9.90. The first-order chi connectivity index (χ1) is 6.24. The molecule has 0 fully saturated rings. The lowest BCUT2D eigenvalue weighted by Gasteiger charge is -2.03. The molecule has 0 saturated heterocycles. The van der Waals surface area contributed by atoms with Crippen LogP contribution in [0.25, 0.3) is 0 Å². The standard InChI is InChI=1S/C11H13FO/c1-9(12)11-6-4-10(5-7-11)3-2-8-13/h4-9H,2-3H2,1H3. The molecule has 1 atom stereocenters. The molecule has 1 aromatic carbocycles. The number of hydrogen-bond acceptors (Lipinski definition) is 1. The van der Waals surface area contributed by atoms with Crippen LogP contribution in [0.1, 0.15) is 30.6 Å². The Hall–Kier alpha value is -1.18. The summed E-state index contributed by atoms with van der Waals surface area (Å²) in [5, 5.41) is 0. The smallest absolute Gasteiger partial charge is 0.122 e. The molecule has 0 N–H and O–H groups in total. The zero-order valence-corrected chi connectivity index (χ0v) is 7.66. The minimum absolute atomic E-state index is 0.532. The van der Waals surface area contributed by atoms with E-state index in [1.54, 1.807) is 12.1 Å². The summed E-state index contributed by atoms with van der Waals surface area (Å²) in [6, 6.07) is 7.28. The molecule has 0 radical (unpaired) electrons. The van der Waals surface area contributed by atoms with Crippen molar-refractivity contribution in [3.63, 3.8) is 0 Å². The molecule has 0 aliphatic carbocycles. The highest BCUT2D eigenvalue weighted by Gasteiger charge is 2.01. The average molecular weight is 180 g/mol. The molecular formula is C11H13FO. The van der Waals surface area contributed by atoms with Gasteiger partial charge in [-0.15, -0.1) is 0 Å². The Balaban J connectivity index is 2.64. The second kappa shape index (κ2) is 4.75. The molecular weight excluding hydrogens is 167 g/mol. The zero-order chi connectivity index (χ0) is 9.68. The summed E-state index contributed by atoms with van der Waals surface area (Å²) in [4.78, 5) is 10.1. The van der Waals surface area contributed by atoms with Crippen LogP contribution < -0.4 is 0 Å². The maximum atomic E-state index is 12.8. The lowest BCUT2D eigenvalue weighted by Crippen LogP contribution is -1.89. The van der Waals surface area contributed by atoms with Crippen LogP contribution in [-0.4, -0.2) is 6.29 Å². The molecule has 1 aromatic rings. The van der Waals surface area contributed by atoms with Crippen LogP contribution in [0.2, 0.25) is 0 Å². The Morgan fingerprint density at radius 3 is 2.46 bits per heavy atom. The van der Waals surface area contributed by atoms with Gasteiger partial charge in [0.15, 0.2) is 0 Å². The van der Waals surface area contributed by atoms with Gasteiger partial charge in [0.2, 0.25) is 0 Å². The molecule has 0 aliphatic heterocycles. The van der Waals surface area contributed by atoms with Crippen molar-refractivity contribution < 1.29 is 9.18 Å². The van der Waals surface area contributed by atoms with E-state index in [1.807, 2.05) is 12.1 Å². The van der Waals surface area contributed by atoms with Gasteiger partial charge in [0, 0.05) is 6.42 Å². The number of aryl methyl sites for hydroxylation is 1. The van der Waals surface area contributed by atoms with Crippen LogP contribution >= 0.6 is 0 Å². The van der Waals surface area contributed by atoms with Crippen molar-refractivity contribution in [3.8, 4) is 0 Å². The summed E-state index contributed by atoms with van der Waals surface area (Å²) < 4.78 is 12.8. The number of carbonyl (C=O) groups excluding carboxylic acids is 1. The fraction of sp³-hybridized carbons (Fsp3) is 0.364. The van der Waals surface area contributed by atoms with E-state index in [2.05, 4.69) is 0 Å². The van der Waals surface area contributed by atoms with Crippen LogP contribution in [-0.2, 0) is 11.2 Å². The fourth-order valence-corrected chi connectivity index (χ4v) is 1.18. The molecule has 13 heavy (non-hydrogen) atoms. The number of aldehydes is 1. The molecule has 0 aliphatic rings. The summed E-state index contributed by atoms with van der Waals surface area (Å²) in [5.41, 5.74) is 1.77. The van der Waals surface area contributed by atoms with Gasteiger partial charge >= 0.3 is 0 Å². The molecule has 1 rings (SSSR count). The number of carbonyl (C=O) groups is 1. The molecule has 0 spiro atoms. The van der Waals surface area contributed by atoms with E-state index >= 15 is 0 Å². The second-order valence-corrected chi connectivity index (χ2v) is 3.06. The topological polar surface area (TPSA) is 17.1 Å². The van der Waals surface area contributed by atoms with Crippen LogP contribution in [0.15, 0.2) is 24.3 Å². The van der Waals surface area contributed by atoms with Crippen molar-refractivity contribution >= 4 is 6.29 Å². The second-order valence-electron chi connectivity index (χ2n) is 3.06. The van der Waals surface area contributed by atoms with E-state index < -0.39 is 6.17 Å². The lowest BCUT2D eigenvalue weighted by molar-refractivity contribution is -0.107. The van der Waals surface area contributed by atoms with E-state index in [0.717, 1.165) is 18.3 Å². The first-order valence-electron chi connectivity index (χ1n) is 4.40. The predicted molar refractivity (Wildman–Crippen MR) is 50.4 cm³/mol. The summed E-state index contributed by atoms with van der Waals surface area (Å²) in [7, 11) is 0. The molecule has 1 nitrogen and oxygen atoms in total. The van der Waals surface area contributed by atoms with E-state index in [-0.39, 0.29) is 0 Å². The van der Waals surface area contributed by atoms with Crippen molar-refractivity contribution in [2.24, 2.45) is 0 Å². The molecule has 0 aromatic heterocycles. The van der Waals surface area contributed by atoms with Crippen LogP contribution in [0, 0.1) is 0 Å². The van der Waals surface area contributed by atoms with Crippen molar-refractivity contribution in [1.82, 2.24) is 0 Å². The third-order valence-electron chi connectivity index (χ3n) is 1.99. The molecule has 0 bridgehead atoms. The molecule has 70 valence electrons. The Kier molecular flexibility index (Phi) is 3.62. The quantitative estimate of drug-likeness (QED) is 0.651. The number of rotatable bonds is 4. The van der Waals surface area contributed by atoms with Crippen molar-refractivity contribution in [2.75, 3.05) is 0 Å². The highest BCUT2D eigenvalue weighted by atomic mass is 19.1. The number of alkyl halides is 1. The molecule has 0 saturated carbocycles. The monoisotopic (exact) mass is 180 g/mol. The Bertz CT molecular complexity index is 264. The van der Waals surface area contributed by atoms with E-state index in [4.69, 9.17) is 0 Å². The van der Waals surface area contributed by atoms with Crippen molar-refractivity contribution in [3.05, 3.63) is 35.4 Å². The predicted octanol–water partition coefficient (Wildman–Crippen LogP) is 2.85. The first-order valence-corrected chi connectivity index (χ1v) is 4.40. The SMILES string of the molecule is CC(F)c1ccc(CCC=O)cc1. The maximum Gasteiger partial charge on any atom is 0.122 e. The zero-order valence-electron chi connectivity index (χ0n) is 7.66. The van der Waals surface area contributed by atoms with Gasteiger partial charge in [-0.3, -0.25) is 0 Å². The Morgan fingerprint density at radius 2 is 2.00 bits per heavy atom. The summed E-state index contributed by atoms with van der Waals surface area (Å²) in [6.45, 7) is 1.51. The third-order valence-corrected chi connectivity index (χ3v) is 1.99. The summed E-state index contributed by atoms with van der Waals surface area (Å²) in [5.74, 6) is 0. The average Bonchev–Trinajstić information content (AvgIpc) is 2.15. The van der Waals surface area contributed by atoms with Crippen LogP contribution in [0.4, 0.5) is 4.39 Å².